The van der Waals surface area contributed by atoms with Crippen LogP contribution in [0.3, 0.4) is 0 Å². The van der Waals surface area contributed by atoms with Gasteiger partial charge in [0.25, 0.3) is 0 Å². The fourth-order valence-electron chi connectivity index (χ4n) is 1.62. The Morgan fingerprint density at radius 3 is 2.45 bits per heavy atom. The summed E-state index contributed by atoms with van der Waals surface area (Å²) in [4.78, 5) is 10.6. The van der Waals surface area contributed by atoms with Gasteiger partial charge in [0, 0.05) is 0 Å². The molecule has 2 N–H and O–H groups in total. The summed E-state index contributed by atoms with van der Waals surface area (Å²) in [6.07, 6.45) is 1.32. The molecule has 1 aromatic carbocycles. The molecule has 0 aliphatic carbocycles. The molecule has 7 heteroatoms. The molecule has 0 fully saturated rings. The van der Waals surface area contributed by atoms with Crippen LogP contribution in [0.2, 0.25) is 0 Å². The van der Waals surface area contributed by atoms with Gasteiger partial charge in [-0.3, -0.25) is 4.79 Å². The summed E-state index contributed by atoms with van der Waals surface area (Å²) in [6.45, 7) is 0.0617. The van der Waals surface area contributed by atoms with E-state index in [2.05, 4.69) is 4.72 Å². The molecular formula is C13H13NO5S. The number of nitrogens with one attached hydrogen (secondary N) is 1. The lowest BCUT2D eigenvalue weighted by molar-refractivity contribution is -0.136. The Morgan fingerprint density at radius 2 is 1.90 bits per heavy atom. The topological polar surface area (TPSA) is 96.6 Å². The first-order valence-corrected chi connectivity index (χ1v) is 7.28. The monoisotopic (exact) mass is 295 g/mol. The number of carboxylic acids is 1. The number of aliphatic carboxylic acids is 1. The highest BCUT2D eigenvalue weighted by atomic mass is 32.2. The van der Waals surface area contributed by atoms with Crippen molar-refractivity contribution >= 4 is 16.0 Å². The van der Waals surface area contributed by atoms with Crippen LogP contribution in [-0.2, 0) is 27.8 Å². The van der Waals surface area contributed by atoms with Crippen LogP contribution < -0.4 is 4.72 Å². The lowest BCUT2D eigenvalue weighted by Gasteiger charge is -2.06. The zero-order valence-corrected chi connectivity index (χ0v) is 11.3. The number of hydrogen-bond donors (Lipinski definition) is 2. The minimum atomic E-state index is -3.64. The summed E-state index contributed by atoms with van der Waals surface area (Å²) in [5.74, 6) is -0.451. The predicted octanol–water partition coefficient (Wildman–Crippen LogP) is 1.39. The smallest absolute Gasteiger partial charge is 0.307 e. The predicted molar refractivity (Wildman–Crippen MR) is 70.5 cm³/mol. The van der Waals surface area contributed by atoms with Crippen LogP contribution in [0, 0.1) is 0 Å². The lowest BCUT2D eigenvalue weighted by atomic mass is 10.2. The fraction of sp³-hybridized carbons (Fsp3) is 0.154. The van der Waals surface area contributed by atoms with Crippen LogP contribution in [0.1, 0.15) is 11.3 Å². The summed E-state index contributed by atoms with van der Waals surface area (Å²) in [5.41, 5.74) is 0.544. The van der Waals surface area contributed by atoms with Crippen molar-refractivity contribution in [2.75, 3.05) is 0 Å². The maximum absolute atomic E-state index is 12.0. The standard InChI is InChI=1S/C13H13NO5S/c15-13(16)8-10-3-5-12(6-4-10)20(17,18)14-9-11-2-1-7-19-11/h1-7,14H,8-9H2,(H,15,16). The average Bonchev–Trinajstić information content (AvgIpc) is 2.89. The third kappa shape index (κ3) is 3.69. The number of furan rings is 1. The largest absolute Gasteiger partial charge is 0.481 e. The summed E-state index contributed by atoms with van der Waals surface area (Å²) in [6, 6.07) is 9.06. The highest BCUT2D eigenvalue weighted by Gasteiger charge is 2.14. The number of sulfonamides is 1. The fourth-order valence-corrected chi connectivity index (χ4v) is 2.62. The lowest BCUT2D eigenvalue weighted by Crippen LogP contribution is -2.23. The summed E-state index contributed by atoms with van der Waals surface area (Å²) in [5, 5.41) is 8.64. The first-order valence-electron chi connectivity index (χ1n) is 5.80. The van der Waals surface area contributed by atoms with Crippen molar-refractivity contribution in [1.29, 1.82) is 0 Å². The first kappa shape index (κ1) is 14.3. The Hall–Kier alpha value is -2.12. The molecule has 2 aromatic rings. The molecule has 0 aliphatic rings. The molecule has 0 saturated carbocycles. The van der Waals surface area contributed by atoms with Gasteiger partial charge in [-0.25, -0.2) is 13.1 Å². The molecule has 20 heavy (non-hydrogen) atoms. The normalized spacial score (nSPS) is 11.4. The number of benzene rings is 1. The Kier molecular flexibility index (Phi) is 4.21. The maximum Gasteiger partial charge on any atom is 0.307 e. The van der Waals surface area contributed by atoms with Gasteiger partial charge in [-0.1, -0.05) is 12.1 Å². The third-order valence-corrected chi connectivity index (χ3v) is 4.02. The van der Waals surface area contributed by atoms with Gasteiger partial charge in [0.2, 0.25) is 10.0 Å². The molecule has 1 heterocycles. The molecule has 0 spiro atoms. The molecular weight excluding hydrogens is 282 g/mol. The van der Waals surface area contributed by atoms with Crippen molar-refractivity contribution in [3.05, 3.63) is 54.0 Å². The Morgan fingerprint density at radius 1 is 1.20 bits per heavy atom. The van der Waals surface area contributed by atoms with E-state index in [1.54, 1.807) is 12.1 Å². The molecule has 0 bridgehead atoms. The van der Waals surface area contributed by atoms with Crippen LogP contribution in [0.15, 0.2) is 52.0 Å². The Labute approximate surface area is 116 Å². The second kappa shape index (κ2) is 5.89. The number of rotatable bonds is 6. The van der Waals surface area contributed by atoms with E-state index in [4.69, 9.17) is 9.52 Å². The average molecular weight is 295 g/mol. The van der Waals surface area contributed by atoms with Gasteiger partial charge in [-0.05, 0) is 29.8 Å². The molecule has 2 rings (SSSR count). The summed E-state index contributed by atoms with van der Waals surface area (Å²) in [7, 11) is -3.64. The highest BCUT2D eigenvalue weighted by molar-refractivity contribution is 7.89. The van der Waals surface area contributed by atoms with Gasteiger partial charge in [0.05, 0.1) is 24.1 Å². The van der Waals surface area contributed by atoms with Crippen molar-refractivity contribution in [3.63, 3.8) is 0 Å². The van der Waals surface area contributed by atoms with Gasteiger partial charge in [0.1, 0.15) is 5.76 Å². The van der Waals surface area contributed by atoms with Gasteiger partial charge >= 0.3 is 5.97 Å². The number of hydrogen-bond acceptors (Lipinski definition) is 4. The van der Waals surface area contributed by atoms with Gasteiger partial charge in [0.15, 0.2) is 0 Å². The number of carbonyl (C=O) groups is 1. The van der Waals surface area contributed by atoms with E-state index in [9.17, 15) is 13.2 Å². The second-order valence-electron chi connectivity index (χ2n) is 4.12. The van der Waals surface area contributed by atoms with Crippen molar-refractivity contribution in [2.45, 2.75) is 17.9 Å². The minimum absolute atomic E-state index is 0.0617. The molecule has 0 unspecified atom stereocenters. The molecule has 0 aliphatic heterocycles. The summed E-state index contributed by atoms with van der Waals surface area (Å²) >= 11 is 0. The third-order valence-electron chi connectivity index (χ3n) is 2.61. The number of carboxylic acid groups (broad SMARTS) is 1. The van der Waals surface area contributed by atoms with Crippen LogP contribution in [0.4, 0.5) is 0 Å². The van der Waals surface area contributed by atoms with Gasteiger partial charge in [-0.2, -0.15) is 0 Å². The molecule has 6 nitrogen and oxygen atoms in total. The highest BCUT2D eigenvalue weighted by Crippen LogP contribution is 2.12. The SMILES string of the molecule is O=C(O)Cc1ccc(S(=O)(=O)NCc2ccco2)cc1. The van der Waals surface area contributed by atoms with E-state index in [-0.39, 0.29) is 17.9 Å². The van der Waals surface area contributed by atoms with Crippen molar-refractivity contribution < 1.29 is 22.7 Å². The molecule has 0 radical (unpaired) electrons. The van der Waals surface area contributed by atoms with Gasteiger partial charge < -0.3 is 9.52 Å². The van der Waals surface area contributed by atoms with E-state index in [0.717, 1.165) is 0 Å². The van der Waals surface area contributed by atoms with Crippen LogP contribution in [0.5, 0.6) is 0 Å². The zero-order valence-electron chi connectivity index (χ0n) is 10.4. The molecule has 0 atom stereocenters. The van der Waals surface area contributed by atoms with E-state index < -0.39 is 16.0 Å². The van der Waals surface area contributed by atoms with E-state index in [1.807, 2.05) is 0 Å². The van der Waals surface area contributed by atoms with Crippen LogP contribution in [0.25, 0.3) is 0 Å². The molecule has 1 aromatic heterocycles. The first-order chi connectivity index (χ1) is 9.47. The Balaban J connectivity index is 2.07. The second-order valence-corrected chi connectivity index (χ2v) is 5.89. The summed E-state index contributed by atoms with van der Waals surface area (Å²) < 4.78 is 31.4. The maximum atomic E-state index is 12.0. The van der Waals surface area contributed by atoms with E-state index in [0.29, 0.717) is 11.3 Å². The molecule has 0 saturated heterocycles. The van der Waals surface area contributed by atoms with Gasteiger partial charge in [-0.15, -0.1) is 0 Å². The van der Waals surface area contributed by atoms with Crippen molar-refractivity contribution in [3.8, 4) is 0 Å². The minimum Gasteiger partial charge on any atom is -0.481 e. The van der Waals surface area contributed by atoms with Crippen LogP contribution in [-0.4, -0.2) is 19.5 Å². The van der Waals surface area contributed by atoms with E-state index >= 15 is 0 Å². The molecule has 0 amide bonds. The van der Waals surface area contributed by atoms with E-state index in [1.165, 1.54) is 30.5 Å². The quantitative estimate of drug-likeness (QED) is 0.839. The van der Waals surface area contributed by atoms with Crippen LogP contribution >= 0.6 is 0 Å². The Bertz CT molecular complexity index is 674. The molecule has 106 valence electrons. The van der Waals surface area contributed by atoms with Crippen molar-refractivity contribution in [1.82, 2.24) is 4.72 Å². The van der Waals surface area contributed by atoms with Crippen molar-refractivity contribution in [2.24, 2.45) is 0 Å². The zero-order chi connectivity index (χ0) is 14.6.